The zero-order valence-corrected chi connectivity index (χ0v) is 6.22. The second-order valence-electron chi connectivity index (χ2n) is 2.72. The number of hydrazine groups is 1. The van der Waals surface area contributed by atoms with Gasteiger partial charge >= 0.3 is 0 Å². The standard InChI is InChI=1S/C5H14N4O/c1-5(2,3(6)7)4(10)9-8/h3H,6-8H2,1-2H3,(H,9,10). The summed E-state index contributed by atoms with van der Waals surface area (Å²) in [6.07, 6.45) is -0.698. The Hall–Kier alpha value is -0.650. The molecule has 0 fully saturated rings. The normalized spacial score (nSPS) is 11.8. The lowest BCUT2D eigenvalue weighted by molar-refractivity contribution is -0.130. The van der Waals surface area contributed by atoms with E-state index < -0.39 is 11.6 Å². The fraction of sp³-hybridized carbons (Fsp3) is 0.800. The molecule has 7 N–H and O–H groups in total. The monoisotopic (exact) mass is 146 g/mol. The van der Waals surface area contributed by atoms with Crippen LogP contribution in [0, 0.1) is 5.41 Å². The van der Waals surface area contributed by atoms with E-state index in [2.05, 4.69) is 0 Å². The van der Waals surface area contributed by atoms with Gasteiger partial charge in [0.25, 0.3) is 0 Å². The van der Waals surface area contributed by atoms with Crippen LogP contribution in [-0.4, -0.2) is 12.1 Å². The Balaban J connectivity index is 4.24. The van der Waals surface area contributed by atoms with Crippen molar-refractivity contribution in [3.63, 3.8) is 0 Å². The maximum Gasteiger partial charge on any atom is 0.242 e. The highest BCUT2D eigenvalue weighted by molar-refractivity contribution is 5.81. The molecule has 0 spiro atoms. The van der Waals surface area contributed by atoms with Crippen molar-refractivity contribution < 1.29 is 4.79 Å². The Morgan fingerprint density at radius 3 is 2.00 bits per heavy atom. The third-order valence-electron chi connectivity index (χ3n) is 1.55. The van der Waals surface area contributed by atoms with Crippen molar-refractivity contribution >= 4 is 5.91 Å². The molecule has 5 heteroatoms. The molecule has 0 aromatic heterocycles. The highest BCUT2D eigenvalue weighted by atomic mass is 16.2. The van der Waals surface area contributed by atoms with E-state index in [-0.39, 0.29) is 5.91 Å². The topological polar surface area (TPSA) is 107 Å². The van der Waals surface area contributed by atoms with Gasteiger partial charge in [-0.15, -0.1) is 0 Å². The predicted molar refractivity (Wildman–Crippen MR) is 38.3 cm³/mol. The zero-order chi connectivity index (χ0) is 8.36. The molecule has 0 rings (SSSR count). The second kappa shape index (κ2) is 2.96. The Morgan fingerprint density at radius 1 is 1.50 bits per heavy atom. The average molecular weight is 146 g/mol. The number of nitrogens with two attached hydrogens (primary N) is 3. The highest BCUT2D eigenvalue weighted by Crippen LogP contribution is 2.14. The van der Waals surface area contributed by atoms with E-state index in [9.17, 15) is 4.79 Å². The fourth-order valence-corrected chi connectivity index (χ4v) is 0.337. The summed E-state index contributed by atoms with van der Waals surface area (Å²) in [4.78, 5) is 10.9. The van der Waals surface area contributed by atoms with Gasteiger partial charge < -0.3 is 11.5 Å². The molecular weight excluding hydrogens is 132 g/mol. The van der Waals surface area contributed by atoms with E-state index in [1.807, 2.05) is 5.43 Å². The quantitative estimate of drug-likeness (QED) is 0.160. The molecule has 5 nitrogen and oxygen atoms in total. The molecule has 0 aromatic carbocycles. The zero-order valence-electron chi connectivity index (χ0n) is 6.22. The summed E-state index contributed by atoms with van der Waals surface area (Å²) < 4.78 is 0. The molecule has 0 saturated heterocycles. The van der Waals surface area contributed by atoms with Crippen molar-refractivity contribution in [1.29, 1.82) is 0 Å². The van der Waals surface area contributed by atoms with Crippen molar-refractivity contribution in [1.82, 2.24) is 5.43 Å². The van der Waals surface area contributed by atoms with Gasteiger partial charge in [-0.3, -0.25) is 10.2 Å². The van der Waals surface area contributed by atoms with Crippen molar-refractivity contribution in [3.8, 4) is 0 Å². The third kappa shape index (κ3) is 1.66. The van der Waals surface area contributed by atoms with Gasteiger partial charge in [0.05, 0.1) is 11.6 Å². The van der Waals surface area contributed by atoms with Crippen LogP contribution >= 0.6 is 0 Å². The van der Waals surface area contributed by atoms with E-state index in [0.717, 1.165) is 0 Å². The predicted octanol–water partition coefficient (Wildman–Crippen LogP) is -1.75. The summed E-state index contributed by atoms with van der Waals surface area (Å²) in [5.41, 5.74) is 11.8. The van der Waals surface area contributed by atoms with Crippen LogP contribution in [0.15, 0.2) is 0 Å². The van der Waals surface area contributed by atoms with E-state index in [1.165, 1.54) is 0 Å². The van der Waals surface area contributed by atoms with Crippen LogP contribution in [0.3, 0.4) is 0 Å². The lowest BCUT2D eigenvalue weighted by atomic mass is 9.89. The number of hydrogen-bond donors (Lipinski definition) is 4. The molecule has 0 saturated carbocycles. The first-order chi connectivity index (χ1) is 4.42. The molecule has 0 aliphatic carbocycles. The molecule has 0 aliphatic heterocycles. The van der Waals surface area contributed by atoms with E-state index in [0.29, 0.717) is 0 Å². The van der Waals surface area contributed by atoms with Crippen LogP contribution in [-0.2, 0) is 4.79 Å². The molecule has 10 heavy (non-hydrogen) atoms. The maximum atomic E-state index is 10.9. The summed E-state index contributed by atoms with van der Waals surface area (Å²) in [5.74, 6) is 4.53. The minimum absolute atomic E-state index is 0.359. The molecular formula is C5H14N4O. The van der Waals surface area contributed by atoms with Gasteiger partial charge in [0.15, 0.2) is 0 Å². The first-order valence-corrected chi connectivity index (χ1v) is 2.95. The largest absolute Gasteiger partial charge is 0.315 e. The number of carbonyl (C=O) groups is 1. The van der Waals surface area contributed by atoms with Gasteiger partial charge in [0.1, 0.15) is 0 Å². The van der Waals surface area contributed by atoms with Crippen molar-refractivity contribution in [2.45, 2.75) is 20.0 Å². The van der Waals surface area contributed by atoms with Crippen LogP contribution in [0.1, 0.15) is 13.8 Å². The Morgan fingerprint density at radius 2 is 1.90 bits per heavy atom. The van der Waals surface area contributed by atoms with Gasteiger partial charge in [-0.2, -0.15) is 0 Å². The van der Waals surface area contributed by atoms with E-state index >= 15 is 0 Å². The van der Waals surface area contributed by atoms with Gasteiger partial charge in [-0.25, -0.2) is 5.84 Å². The van der Waals surface area contributed by atoms with Crippen molar-refractivity contribution in [2.24, 2.45) is 22.7 Å². The van der Waals surface area contributed by atoms with Gasteiger partial charge in [0.2, 0.25) is 5.91 Å². The molecule has 0 aliphatic rings. The molecule has 0 heterocycles. The van der Waals surface area contributed by atoms with Gasteiger partial charge in [0, 0.05) is 0 Å². The van der Waals surface area contributed by atoms with Crippen molar-refractivity contribution in [3.05, 3.63) is 0 Å². The molecule has 1 amide bonds. The SMILES string of the molecule is CC(C)(C(=O)NN)C(N)N. The Labute approximate surface area is 59.9 Å². The van der Waals surface area contributed by atoms with Crippen LogP contribution in [0.5, 0.6) is 0 Å². The number of carbonyl (C=O) groups excluding carboxylic acids is 1. The summed E-state index contributed by atoms with van der Waals surface area (Å²) in [6, 6.07) is 0. The van der Waals surface area contributed by atoms with Crippen LogP contribution in [0.4, 0.5) is 0 Å². The molecule has 0 radical (unpaired) electrons. The first-order valence-electron chi connectivity index (χ1n) is 2.95. The smallest absolute Gasteiger partial charge is 0.242 e. The van der Waals surface area contributed by atoms with Crippen LogP contribution in [0.25, 0.3) is 0 Å². The number of amides is 1. The minimum atomic E-state index is -0.811. The highest BCUT2D eigenvalue weighted by Gasteiger charge is 2.31. The molecule has 0 aromatic rings. The molecule has 60 valence electrons. The summed E-state index contributed by atoms with van der Waals surface area (Å²) in [5, 5.41) is 0. The third-order valence-corrected chi connectivity index (χ3v) is 1.55. The van der Waals surface area contributed by atoms with Crippen molar-refractivity contribution in [2.75, 3.05) is 0 Å². The lowest BCUT2D eigenvalue weighted by Crippen LogP contribution is -2.54. The number of hydrogen-bond acceptors (Lipinski definition) is 4. The number of rotatable bonds is 2. The van der Waals surface area contributed by atoms with Crippen LogP contribution < -0.4 is 22.7 Å². The van der Waals surface area contributed by atoms with Crippen LogP contribution in [0.2, 0.25) is 0 Å². The minimum Gasteiger partial charge on any atom is -0.315 e. The fourth-order valence-electron chi connectivity index (χ4n) is 0.337. The summed E-state index contributed by atoms with van der Waals surface area (Å²) in [7, 11) is 0. The maximum absolute atomic E-state index is 10.9. The summed E-state index contributed by atoms with van der Waals surface area (Å²) in [6.45, 7) is 3.25. The van der Waals surface area contributed by atoms with E-state index in [1.54, 1.807) is 13.8 Å². The molecule has 0 unspecified atom stereocenters. The van der Waals surface area contributed by atoms with Gasteiger partial charge in [-0.05, 0) is 13.8 Å². The first kappa shape index (κ1) is 9.35. The Kier molecular flexibility index (Phi) is 2.77. The van der Waals surface area contributed by atoms with Gasteiger partial charge in [-0.1, -0.05) is 0 Å². The molecule has 0 atom stereocenters. The molecule has 0 bridgehead atoms. The summed E-state index contributed by atoms with van der Waals surface area (Å²) >= 11 is 0. The average Bonchev–Trinajstić information content (AvgIpc) is 1.86. The van der Waals surface area contributed by atoms with E-state index in [4.69, 9.17) is 17.3 Å². The second-order valence-corrected chi connectivity index (χ2v) is 2.72. The number of nitrogens with one attached hydrogen (secondary N) is 1. The Bertz CT molecular complexity index is 132. The lowest BCUT2D eigenvalue weighted by Gasteiger charge is -2.25.